The van der Waals surface area contributed by atoms with Gasteiger partial charge in [0, 0.05) is 6.92 Å². The molecule has 98 valence electrons. The minimum absolute atomic E-state index is 0.163. The van der Waals surface area contributed by atoms with Crippen LogP contribution in [0.4, 0.5) is 0 Å². The summed E-state index contributed by atoms with van der Waals surface area (Å²) in [6, 6.07) is 6.96. The van der Waals surface area contributed by atoms with Crippen LogP contribution in [0.15, 0.2) is 24.3 Å². The molecule has 0 saturated heterocycles. The first-order valence-electron chi connectivity index (χ1n) is 5.89. The third-order valence-corrected chi connectivity index (χ3v) is 2.35. The Morgan fingerprint density at radius 2 is 1.83 bits per heavy atom. The highest BCUT2D eigenvalue weighted by Crippen LogP contribution is 2.22. The molecule has 1 unspecified atom stereocenters. The van der Waals surface area contributed by atoms with Crippen molar-refractivity contribution in [1.82, 2.24) is 0 Å². The monoisotopic (exact) mass is 250 g/mol. The minimum Gasteiger partial charge on any atom is -0.458 e. The Bertz CT molecular complexity index is 437. The molecule has 0 fully saturated rings. The van der Waals surface area contributed by atoms with Crippen molar-refractivity contribution in [2.24, 2.45) is 5.92 Å². The molecule has 4 heteroatoms. The summed E-state index contributed by atoms with van der Waals surface area (Å²) in [6.07, 6.45) is -0.365. The van der Waals surface area contributed by atoms with Crippen LogP contribution in [0.25, 0.3) is 0 Å². The van der Waals surface area contributed by atoms with E-state index in [1.807, 2.05) is 6.07 Å². The van der Waals surface area contributed by atoms with E-state index in [0.29, 0.717) is 5.75 Å². The molecule has 0 aliphatic heterocycles. The summed E-state index contributed by atoms with van der Waals surface area (Å²) in [6.45, 7) is 6.69. The highest BCUT2D eigenvalue weighted by Gasteiger charge is 2.15. The maximum Gasteiger partial charge on any atom is 0.308 e. The van der Waals surface area contributed by atoms with Crippen LogP contribution in [-0.4, -0.2) is 11.9 Å². The normalized spacial score (nSPS) is 12.1. The summed E-state index contributed by atoms with van der Waals surface area (Å²) >= 11 is 0. The van der Waals surface area contributed by atoms with Crippen LogP contribution in [0.2, 0.25) is 0 Å². The molecule has 0 radical (unpaired) electrons. The molecule has 0 aromatic heterocycles. The van der Waals surface area contributed by atoms with Crippen molar-refractivity contribution < 1.29 is 19.1 Å². The van der Waals surface area contributed by atoms with Gasteiger partial charge in [0.1, 0.15) is 11.9 Å². The second-order valence-electron chi connectivity index (χ2n) is 4.40. The van der Waals surface area contributed by atoms with Crippen LogP contribution in [0.5, 0.6) is 5.75 Å². The molecule has 0 aliphatic rings. The van der Waals surface area contributed by atoms with Gasteiger partial charge in [0.05, 0.1) is 5.92 Å². The number of hydrogen-bond acceptors (Lipinski definition) is 4. The van der Waals surface area contributed by atoms with E-state index in [1.54, 1.807) is 39.0 Å². The Morgan fingerprint density at radius 1 is 1.17 bits per heavy atom. The van der Waals surface area contributed by atoms with Crippen molar-refractivity contribution in [2.45, 2.75) is 33.8 Å². The van der Waals surface area contributed by atoms with Gasteiger partial charge >= 0.3 is 11.9 Å². The molecule has 18 heavy (non-hydrogen) atoms. The summed E-state index contributed by atoms with van der Waals surface area (Å²) < 4.78 is 10.3. The van der Waals surface area contributed by atoms with Crippen molar-refractivity contribution in [3.63, 3.8) is 0 Å². The maximum absolute atomic E-state index is 11.5. The van der Waals surface area contributed by atoms with Crippen molar-refractivity contribution >= 4 is 11.9 Å². The SMILES string of the molecule is CC(=O)Oc1cccc(C(C)OC(=O)C(C)C)c1. The third kappa shape index (κ3) is 4.20. The Morgan fingerprint density at radius 3 is 2.39 bits per heavy atom. The number of esters is 2. The second kappa shape index (κ2) is 6.19. The van der Waals surface area contributed by atoms with Crippen LogP contribution in [0.1, 0.15) is 39.4 Å². The summed E-state index contributed by atoms with van der Waals surface area (Å²) in [5.74, 6) is -0.337. The summed E-state index contributed by atoms with van der Waals surface area (Å²) in [4.78, 5) is 22.3. The summed E-state index contributed by atoms with van der Waals surface area (Å²) in [5, 5.41) is 0. The van der Waals surface area contributed by atoms with E-state index in [2.05, 4.69) is 0 Å². The number of ether oxygens (including phenoxy) is 2. The molecule has 0 aliphatic carbocycles. The number of benzene rings is 1. The van der Waals surface area contributed by atoms with Gasteiger partial charge in [0.2, 0.25) is 0 Å². The van der Waals surface area contributed by atoms with E-state index in [9.17, 15) is 9.59 Å². The molecule has 4 nitrogen and oxygen atoms in total. The Labute approximate surface area is 107 Å². The number of carbonyl (C=O) groups is 2. The van der Waals surface area contributed by atoms with E-state index >= 15 is 0 Å². The first-order valence-corrected chi connectivity index (χ1v) is 5.89. The highest BCUT2D eigenvalue weighted by molar-refractivity contribution is 5.72. The standard InChI is InChI=1S/C14H18O4/c1-9(2)14(16)17-10(3)12-6-5-7-13(8-12)18-11(4)15/h5-10H,1-4H3. The van der Waals surface area contributed by atoms with Gasteiger partial charge in [0.15, 0.2) is 0 Å². The van der Waals surface area contributed by atoms with E-state index in [1.165, 1.54) is 6.92 Å². The molecule has 0 N–H and O–H groups in total. The predicted molar refractivity (Wildman–Crippen MR) is 67.1 cm³/mol. The van der Waals surface area contributed by atoms with Crippen molar-refractivity contribution in [3.8, 4) is 5.75 Å². The molecule has 1 atom stereocenters. The van der Waals surface area contributed by atoms with Gasteiger partial charge in [0.25, 0.3) is 0 Å². The van der Waals surface area contributed by atoms with Gasteiger partial charge in [-0.3, -0.25) is 9.59 Å². The molecule has 0 heterocycles. The Kier molecular flexibility index (Phi) is 4.89. The van der Waals surface area contributed by atoms with Crippen LogP contribution in [0, 0.1) is 5.92 Å². The lowest BCUT2D eigenvalue weighted by atomic mass is 10.1. The fourth-order valence-electron chi connectivity index (χ4n) is 1.38. The third-order valence-electron chi connectivity index (χ3n) is 2.35. The minimum atomic E-state index is -0.376. The average molecular weight is 250 g/mol. The quantitative estimate of drug-likeness (QED) is 0.609. The number of rotatable bonds is 4. The van der Waals surface area contributed by atoms with Gasteiger partial charge in [-0.15, -0.1) is 0 Å². The largest absolute Gasteiger partial charge is 0.458 e. The predicted octanol–water partition coefficient (Wildman–Crippen LogP) is 2.87. The molecular weight excluding hydrogens is 232 g/mol. The fraction of sp³-hybridized carbons (Fsp3) is 0.429. The van der Waals surface area contributed by atoms with Crippen molar-refractivity contribution in [2.75, 3.05) is 0 Å². The Balaban J connectivity index is 2.76. The molecular formula is C14H18O4. The fourth-order valence-corrected chi connectivity index (χ4v) is 1.38. The van der Waals surface area contributed by atoms with E-state index in [0.717, 1.165) is 5.56 Å². The molecule has 0 spiro atoms. The second-order valence-corrected chi connectivity index (χ2v) is 4.40. The Hall–Kier alpha value is -1.84. The van der Waals surface area contributed by atoms with Gasteiger partial charge in [-0.25, -0.2) is 0 Å². The molecule has 1 aromatic rings. The lowest BCUT2D eigenvalue weighted by Gasteiger charge is -2.15. The van der Waals surface area contributed by atoms with Crippen LogP contribution in [0.3, 0.4) is 0 Å². The van der Waals surface area contributed by atoms with Gasteiger partial charge in [-0.2, -0.15) is 0 Å². The molecule has 0 bridgehead atoms. The number of carbonyl (C=O) groups excluding carboxylic acids is 2. The zero-order valence-corrected chi connectivity index (χ0v) is 11.1. The van der Waals surface area contributed by atoms with Gasteiger partial charge in [-0.1, -0.05) is 26.0 Å². The molecule has 1 aromatic carbocycles. The van der Waals surface area contributed by atoms with Crippen LogP contribution < -0.4 is 4.74 Å². The van der Waals surface area contributed by atoms with E-state index < -0.39 is 0 Å². The summed E-state index contributed by atoms with van der Waals surface area (Å²) in [5.41, 5.74) is 0.794. The molecule has 0 amide bonds. The number of hydrogen-bond donors (Lipinski definition) is 0. The van der Waals surface area contributed by atoms with Crippen LogP contribution in [-0.2, 0) is 14.3 Å². The first-order chi connectivity index (χ1) is 8.40. The molecule has 0 saturated carbocycles. The van der Waals surface area contributed by atoms with Gasteiger partial charge in [-0.05, 0) is 24.6 Å². The topological polar surface area (TPSA) is 52.6 Å². The summed E-state index contributed by atoms with van der Waals surface area (Å²) in [7, 11) is 0. The van der Waals surface area contributed by atoms with E-state index in [-0.39, 0.29) is 24.0 Å². The zero-order valence-electron chi connectivity index (χ0n) is 11.1. The lowest BCUT2D eigenvalue weighted by Crippen LogP contribution is -2.14. The van der Waals surface area contributed by atoms with Gasteiger partial charge < -0.3 is 9.47 Å². The van der Waals surface area contributed by atoms with Crippen molar-refractivity contribution in [3.05, 3.63) is 29.8 Å². The maximum atomic E-state index is 11.5. The highest BCUT2D eigenvalue weighted by atomic mass is 16.5. The average Bonchev–Trinajstić information content (AvgIpc) is 2.28. The van der Waals surface area contributed by atoms with E-state index in [4.69, 9.17) is 9.47 Å². The smallest absolute Gasteiger partial charge is 0.308 e. The van der Waals surface area contributed by atoms with Crippen molar-refractivity contribution in [1.29, 1.82) is 0 Å². The lowest BCUT2D eigenvalue weighted by molar-refractivity contribution is -0.152. The first kappa shape index (κ1) is 14.2. The van der Waals surface area contributed by atoms with Crippen LogP contribution >= 0.6 is 0 Å². The molecule has 1 rings (SSSR count). The zero-order chi connectivity index (χ0) is 13.7.